The molecule has 0 bridgehead atoms. The number of nitrogens with one attached hydrogen (secondary N) is 2. The SMILES string of the molecule is O=C(NC1COCC1n1nc2c(cc1=O)CCCC2)c1cn[nH]c1. The third kappa shape index (κ3) is 2.73. The molecule has 8 heteroatoms. The summed E-state index contributed by atoms with van der Waals surface area (Å²) >= 11 is 0. The van der Waals surface area contributed by atoms with Crippen LogP contribution in [0.15, 0.2) is 23.3 Å². The number of carbonyl (C=O) groups is 1. The summed E-state index contributed by atoms with van der Waals surface area (Å²) in [6.07, 6.45) is 7.01. The topological polar surface area (TPSA) is 102 Å². The maximum absolute atomic E-state index is 12.5. The summed E-state index contributed by atoms with van der Waals surface area (Å²) in [7, 11) is 0. The van der Waals surface area contributed by atoms with Gasteiger partial charge in [-0.15, -0.1) is 0 Å². The fourth-order valence-corrected chi connectivity index (χ4v) is 3.36. The summed E-state index contributed by atoms with van der Waals surface area (Å²) in [4.78, 5) is 24.7. The highest BCUT2D eigenvalue weighted by Crippen LogP contribution is 2.21. The monoisotopic (exact) mass is 329 g/mol. The Hall–Kier alpha value is -2.48. The van der Waals surface area contributed by atoms with Gasteiger partial charge in [0.1, 0.15) is 6.04 Å². The van der Waals surface area contributed by atoms with E-state index in [1.807, 2.05) is 0 Å². The maximum Gasteiger partial charge on any atom is 0.267 e. The lowest BCUT2D eigenvalue weighted by atomic mass is 9.97. The summed E-state index contributed by atoms with van der Waals surface area (Å²) < 4.78 is 6.99. The van der Waals surface area contributed by atoms with Crippen LogP contribution in [0.3, 0.4) is 0 Å². The predicted octanol–water partition coefficient (Wildman–Crippen LogP) is 0.215. The quantitative estimate of drug-likeness (QED) is 0.838. The molecule has 8 nitrogen and oxygen atoms in total. The van der Waals surface area contributed by atoms with Gasteiger partial charge in [0.05, 0.1) is 36.7 Å². The highest BCUT2D eigenvalue weighted by atomic mass is 16.5. The number of aromatic nitrogens is 4. The minimum Gasteiger partial charge on any atom is -0.377 e. The molecular formula is C16H19N5O3. The first kappa shape index (κ1) is 15.1. The number of aromatic amines is 1. The Morgan fingerprint density at radius 1 is 1.33 bits per heavy atom. The van der Waals surface area contributed by atoms with Gasteiger partial charge in [-0.05, 0) is 31.2 Å². The van der Waals surface area contributed by atoms with E-state index in [9.17, 15) is 9.59 Å². The van der Waals surface area contributed by atoms with Crippen molar-refractivity contribution in [1.82, 2.24) is 25.3 Å². The number of nitrogens with zero attached hydrogens (tertiary/aromatic N) is 3. The van der Waals surface area contributed by atoms with Gasteiger partial charge in [-0.3, -0.25) is 14.7 Å². The van der Waals surface area contributed by atoms with Crippen molar-refractivity contribution in [3.8, 4) is 0 Å². The Labute approximate surface area is 138 Å². The lowest BCUT2D eigenvalue weighted by Crippen LogP contribution is -2.44. The zero-order valence-electron chi connectivity index (χ0n) is 13.2. The van der Waals surface area contributed by atoms with Gasteiger partial charge in [0.15, 0.2) is 0 Å². The molecule has 1 fully saturated rings. The van der Waals surface area contributed by atoms with E-state index in [2.05, 4.69) is 20.6 Å². The van der Waals surface area contributed by atoms with E-state index in [-0.39, 0.29) is 23.6 Å². The fourth-order valence-electron chi connectivity index (χ4n) is 3.36. The van der Waals surface area contributed by atoms with E-state index >= 15 is 0 Å². The van der Waals surface area contributed by atoms with Crippen LogP contribution in [0.2, 0.25) is 0 Å². The average Bonchev–Trinajstić information content (AvgIpc) is 3.26. The number of fused-ring (bicyclic) bond motifs is 1. The number of amides is 1. The van der Waals surface area contributed by atoms with Gasteiger partial charge in [0.2, 0.25) is 0 Å². The molecule has 2 aliphatic rings. The first-order chi connectivity index (χ1) is 11.7. The van der Waals surface area contributed by atoms with Gasteiger partial charge in [-0.2, -0.15) is 10.2 Å². The predicted molar refractivity (Wildman–Crippen MR) is 84.8 cm³/mol. The van der Waals surface area contributed by atoms with Crippen LogP contribution < -0.4 is 10.9 Å². The Kier molecular flexibility index (Phi) is 3.89. The molecular weight excluding hydrogens is 310 g/mol. The van der Waals surface area contributed by atoms with E-state index in [4.69, 9.17) is 4.74 Å². The molecule has 2 aromatic rings. The molecule has 0 radical (unpaired) electrons. The molecule has 0 spiro atoms. The molecule has 0 saturated carbocycles. The van der Waals surface area contributed by atoms with Crippen LogP contribution in [0.25, 0.3) is 0 Å². The second-order valence-electron chi connectivity index (χ2n) is 6.28. The summed E-state index contributed by atoms with van der Waals surface area (Å²) in [5, 5.41) is 13.9. The summed E-state index contributed by atoms with van der Waals surface area (Å²) in [5.74, 6) is -0.241. The molecule has 4 rings (SSSR count). The van der Waals surface area contributed by atoms with Crippen molar-refractivity contribution in [2.75, 3.05) is 13.2 Å². The van der Waals surface area contributed by atoms with Crippen LogP contribution in [-0.4, -0.2) is 45.1 Å². The maximum atomic E-state index is 12.5. The van der Waals surface area contributed by atoms with E-state index in [1.54, 1.807) is 6.07 Å². The fraction of sp³-hybridized carbons (Fsp3) is 0.500. The smallest absolute Gasteiger partial charge is 0.267 e. The standard InChI is InChI=1S/C16H19N5O3/c22-15-5-10-3-1-2-4-12(10)20-21(15)14-9-24-8-13(14)19-16(23)11-6-17-18-7-11/h5-7,13-14H,1-4,8-9H2,(H,17,18)(H,19,23). The van der Waals surface area contributed by atoms with Crippen molar-refractivity contribution in [3.63, 3.8) is 0 Å². The number of rotatable bonds is 3. The van der Waals surface area contributed by atoms with Crippen molar-refractivity contribution in [2.24, 2.45) is 0 Å². The molecule has 0 aromatic carbocycles. The first-order valence-electron chi connectivity index (χ1n) is 8.21. The van der Waals surface area contributed by atoms with Crippen LogP contribution >= 0.6 is 0 Å². The molecule has 2 aromatic heterocycles. The van der Waals surface area contributed by atoms with Crippen molar-refractivity contribution < 1.29 is 9.53 Å². The summed E-state index contributed by atoms with van der Waals surface area (Å²) in [6, 6.07) is 1.11. The van der Waals surface area contributed by atoms with Crippen LogP contribution in [0.5, 0.6) is 0 Å². The Balaban J connectivity index is 1.58. The Morgan fingerprint density at radius 2 is 2.21 bits per heavy atom. The second kappa shape index (κ2) is 6.20. The number of hydrogen-bond acceptors (Lipinski definition) is 5. The lowest BCUT2D eigenvalue weighted by Gasteiger charge is -2.22. The van der Waals surface area contributed by atoms with Gasteiger partial charge in [0, 0.05) is 12.3 Å². The average molecular weight is 329 g/mol. The van der Waals surface area contributed by atoms with Crippen LogP contribution in [0.4, 0.5) is 0 Å². The zero-order chi connectivity index (χ0) is 16.5. The molecule has 1 aliphatic carbocycles. The van der Waals surface area contributed by atoms with Gasteiger partial charge in [-0.25, -0.2) is 4.68 Å². The molecule has 1 amide bonds. The highest BCUT2D eigenvalue weighted by molar-refractivity contribution is 5.93. The number of H-pyrrole nitrogens is 1. The number of carbonyl (C=O) groups excluding carboxylic acids is 1. The summed E-state index contributed by atoms with van der Waals surface area (Å²) in [5.41, 5.74) is 2.37. The van der Waals surface area contributed by atoms with E-state index < -0.39 is 0 Å². The van der Waals surface area contributed by atoms with Crippen LogP contribution in [0.1, 0.15) is 40.5 Å². The van der Waals surface area contributed by atoms with Crippen molar-refractivity contribution in [1.29, 1.82) is 0 Å². The summed E-state index contributed by atoms with van der Waals surface area (Å²) in [6.45, 7) is 0.724. The number of hydrogen-bond donors (Lipinski definition) is 2. The third-order valence-electron chi connectivity index (χ3n) is 4.67. The molecule has 1 aliphatic heterocycles. The molecule has 1 saturated heterocycles. The van der Waals surface area contributed by atoms with E-state index in [1.165, 1.54) is 17.1 Å². The Bertz CT molecular complexity index is 799. The van der Waals surface area contributed by atoms with E-state index in [0.29, 0.717) is 18.8 Å². The molecule has 126 valence electrons. The first-order valence-corrected chi connectivity index (χ1v) is 8.21. The van der Waals surface area contributed by atoms with Gasteiger partial charge >= 0.3 is 0 Å². The molecule has 2 unspecified atom stereocenters. The van der Waals surface area contributed by atoms with Crippen molar-refractivity contribution in [3.05, 3.63) is 45.6 Å². The Morgan fingerprint density at radius 3 is 3.04 bits per heavy atom. The van der Waals surface area contributed by atoms with Crippen LogP contribution in [-0.2, 0) is 17.6 Å². The number of ether oxygens (including phenoxy) is 1. The minimum atomic E-state index is -0.292. The van der Waals surface area contributed by atoms with Crippen molar-refractivity contribution >= 4 is 5.91 Å². The van der Waals surface area contributed by atoms with Gasteiger partial charge in [0.25, 0.3) is 11.5 Å². The van der Waals surface area contributed by atoms with Gasteiger partial charge in [-0.1, -0.05) is 0 Å². The molecule has 2 atom stereocenters. The number of aryl methyl sites for hydroxylation is 2. The third-order valence-corrected chi connectivity index (χ3v) is 4.67. The highest BCUT2D eigenvalue weighted by Gasteiger charge is 2.33. The second-order valence-corrected chi connectivity index (χ2v) is 6.28. The normalized spacial score (nSPS) is 23.0. The van der Waals surface area contributed by atoms with Crippen LogP contribution in [0, 0.1) is 0 Å². The largest absolute Gasteiger partial charge is 0.377 e. The molecule has 24 heavy (non-hydrogen) atoms. The minimum absolute atomic E-state index is 0.131. The van der Waals surface area contributed by atoms with Crippen molar-refractivity contribution in [2.45, 2.75) is 37.8 Å². The molecule has 3 heterocycles. The zero-order valence-corrected chi connectivity index (χ0v) is 13.2. The molecule has 2 N–H and O–H groups in total. The lowest BCUT2D eigenvalue weighted by molar-refractivity contribution is 0.0924. The van der Waals surface area contributed by atoms with Gasteiger partial charge < -0.3 is 10.1 Å². The van der Waals surface area contributed by atoms with E-state index in [0.717, 1.165) is 36.9 Å².